The quantitative estimate of drug-likeness (QED) is 0.627. The van der Waals surface area contributed by atoms with Gasteiger partial charge in [-0.2, -0.15) is 0 Å². The molecule has 0 spiro atoms. The largest absolute Gasteiger partial charge is 0.460 e. The smallest absolute Gasteiger partial charge is 0.343 e. The van der Waals surface area contributed by atoms with Crippen molar-refractivity contribution in [2.45, 2.75) is 62.2 Å². The van der Waals surface area contributed by atoms with Crippen LogP contribution in [-0.2, 0) is 15.1 Å². The van der Waals surface area contributed by atoms with Crippen LogP contribution in [0.15, 0.2) is 30.3 Å². The van der Waals surface area contributed by atoms with Crippen molar-refractivity contribution in [1.82, 2.24) is 0 Å². The molecule has 0 aromatic heterocycles. The van der Waals surface area contributed by atoms with Gasteiger partial charge in [0.25, 0.3) is 0 Å². The predicted molar refractivity (Wildman–Crippen MR) is 98.2 cm³/mol. The molecular weight excluding hydrogens is 352 g/mol. The third-order valence-corrected chi connectivity index (χ3v) is 6.25. The number of aliphatic hydroxyl groups is 1. The van der Waals surface area contributed by atoms with Crippen molar-refractivity contribution in [1.29, 1.82) is 0 Å². The Labute approximate surface area is 159 Å². The van der Waals surface area contributed by atoms with E-state index in [2.05, 4.69) is 21.1 Å². The number of nitrogens with zero attached hydrogens (tertiary/aromatic N) is 1. The summed E-state index contributed by atoms with van der Waals surface area (Å²) in [6.45, 7) is 0. The fourth-order valence-corrected chi connectivity index (χ4v) is 4.49. The molecule has 0 radical (unpaired) electrons. The van der Waals surface area contributed by atoms with Crippen molar-refractivity contribution >= 4 is 5.97 Å². The lowest BCUT2D eigenvalue weighted by atomic mass is 9.80. The summed E-state index contributed by atoms with van der Waals surface area (Å²) in [5.74, 6) is -4.49. The average Bonchev–Trinajstić information content (AvgIpc) is 3.21. The summed E-state index contributed by atoms with van der Waals surface area (Å²) in [5, 5.41) is 11.4. The normalized spacial score (nSPS) is 30.1. The Morgan fingerprint density at radius 3 is 2.37 bits per heavy atom. The van der Waals surface area contributed by atoms with E-state index in [4.69, 9.17) is 4.74 Å². The van der Waals surface area contributed by atoms with Gasteiger partial charge in [0, 0.05) is 31.6 Å². The van der Waals surface area contributed by atoms with E-state index in [9.17, 15) is 18.7 Å². The van der Waals surface area contributed by atoms with Gasteiger partial charge >= 0.3 is 5.97 Å². The maximum absolute atomic E-state index is 13.8. The van der Waals surface area contributed by atoms with Gasteiger partial charge < -0.3 is 14.3 Å². The number of alkyl halides is 2. The molecule has 2 aliphatic carbocycles. The minimum Gasteiger partial charge on any atom is -0.460 e. The number of rotatable bonds is 5. The molecule has 2 fully saturated rings. The molecule has 0 heterocycles. The molecule has 27 heavy (non-hydrogen) atoms. The van der Waals surface area contributed by atoms with Crippen molar-refractivity contribution in [3.8, 4) is 0 Å². The molecule has 0 aliphatic heterocycles. The highest BCUT2D eigenvalue weighted by atomic mass is 19.3. The number of quaternary nitrogens is 1. The second kappa shape index (κ2) is 7.13. The first-order valence-electron chi connectivity index (χ1n) is 9.70. The van der Waals surface area contributed by atoms with Gasteiger partial charge in [0.05, 0.1) is 27.2 Å². The van der Waals surface area contributed by atoms with Gasteiger partial charge in [-0.3, -0.25) is 0 Å². The first-order chi connectivity index (χ1) is 12.5. The van der Waals surface area contributed by atoms with Crippen molar-refractivity contribution in [2.75, 3.05) is 21.1 Å². The summed E-state index contributed by atoms with van der Waals surface area (Å²) in [6.07, 6.45) is 1.40. The van der Waals surface area contributed by atoms with Gasteiger partial charge in [-0.15, -0.1) is 0 Å². The standard InChI is InChI=1S/C21H30F2NO3/c1-24(2,3)17-9-10-18(13-17)27-19(25)21(26,15-7-5-4-6-8-15)16-11-12-20(22,23)14-16/h4-8,16-18,26H,9-14H2,1-3H3/q+1/t16-,17-,18-,21+/m1/s1. The Morgan fingerprint density at radius 1 is 1.19 bits per heavy atom. The molecule has 0 saturated heterocycles. The Balaban J connectivity index is 1.80. The van der Waals surface area contributed by atoms with Crippen molar-refractivity contribution < 1.29 is 27.9 Å². The van der Waals surface area contributed by atoms with Crippen LogP contribution in [0.25, 0.3) is 0 Å². The van der Waals surface area contributed by atoms with Crippen LogP contribution in [0.2, 0.25) is 0 Å². The molecule has 0 unspecified atom stereocenters. The van der Waals surface area contributed by atoms with Crippen LogP contribution in [-0.4, -0.2) is 54.8 Å². The average molecular weight is 382 g/mol. The number of hydrogen-bond acceptors (Lipinski definition) is 3. The summed E-state index contributed by atoms with van der Waals surface area (Å²) in [6, 6.07) is 8.76. The minimum absolute atomic E-state index is 0.0969. The molecule has 2 saturated carbocycles. The Bertz CT molecular complexity index is 674. The summed E-state index contributed by atoms with van der Waals surface area (Å²) < 4.78 is 34.1. The Kier molecular flexibility index (Phi) is 5.34. The zero-order valence-electron chi connectivity index (χ0n) is 16.3. The molecule has 0 amide bonds. The lowest BCUT2D eigenvalue weighted by Crippen LogP contribution is -2.46. The van der Waals surface area contributed by atoms with E-state index in [1.54, 1.807) is 30.3 Å². The van der Waals surface area contributed by atoms with Gasteiger partial charge in [0.1, 0.15) is 6.10 Å². The van der Waals surface area contributed by atoms with Crippen LogP contribution in [0.4, 0.5) is 8.78 Å². The minimum atomic E-state index is -2.85. The Hall–Kier alpha value is -1.53. The van der Waals surface area contributed by atoms with Gasteiger partial charge in [-0.05, 0) is 18.4 Å². The highest BCUT2D eigenvalue weighted by Gasteiger charge is 2.55. The second-order valence-electron chi connectivity index (χ2n) is 9.04. The number of carbonyl (C=O) groups is 1. The fourth-order valence-electron chi connectivity index (χ4n) is 4.49. The third kappa shape index (κ3) is 4.16. The number of benzene rings is 1. The first-order valence-corrected chi connectivity index (χ1v) is 9.70. The molecule has 4 atom stereocenters. The lowest BCUT2D eigenvalue weighted by Gasteiger charge is -2.34. The molecule has 2 aliphatic rings. The van der Waals surface area contributed by atoms with Crippen molar-refractivity contribution in [3.05, 3.63) is 35.9 Å². The molecule has 1 aromatic carbocycles. The number of halogens is 2. The number of hydrogen-bond donors (Lipinski definition) is 1. The predicted octanol–water partition coefficient (Wildman–Crippen LogP) is 3.48. The first kappa shape index (κ1) is 20.2. The van der Waals surface area contributed by atoms with Crippen molar-refractivity contribution in [3.63, 3.8) is 0 Å². The molecule has 4 nitrogen and oxygen atoms in total. The van der Waals surface area contributed by atoms with Gasteiger partial charge in [-0.25, -0.2) is 13.6 Å². The van der Waals surface area contributed by atoms with Crippen LogP contribution >= 0.6 is 0 Å². The SMILES string of the molecule is C[N+](C)(C)[C@@H]1CC[C@@H](OC(=O)[C@](O)(c2ccccc2)[C@@H]2CCC(F)(F)C2)C1. The summed E-state index contributed by atoms with van der Waals surface area (Å²) >= 11 is 0. The number of carbonyl (C=O) groups excluding carboxylic acids is 1. The fraction of sp³-hybridized carbons (Fsp3) is 0.667. The van der Waals surface area contributed by atoms with Crippen LogP contribution in [0.5, 0.6) is 0 Å². The maximum Gasteiger partial charge on any atom is 0.343 e. The van der Waals surface area contributed by atoms with Crippen LogP contribution in [0.1, 0.15) is 44.1 Å². The molecule has 150 valence electrons. The van der Waals surface area contributed by atoms with Gasteiger partial charge in [0.15, 0.2) is 5.60 Å². The number of esters is 1. The third-order valence-electron chi connectivity index (χ3n) is 6.25. The van der Waals surface area contributed by atoms with Crippen LogP contribution in [0, 0.1) is 5.92 Å². The summed E-state index contributed by atoms with van der Waals surface area (Å²) in [4.78, 5) is 13.1. The van der Waals surface area contributed by atoms with E-state index in [-0.39, 0.29) is 18.9 Å². The van der Waals surface area contributed by atoms with E-state index in [0.717, 1.165) is 23.7 Å². The highest BCUT2D eigenvalue weighted by molar-refractivity contribution is 5.82. The zero-order valence-corrected chi connectivity index (χ0v) is 16.3. The van der Waals surface area contributed by atoms with E-state index in [0.29, 0.717) is 11.6 Å². The highest BCUT2D eigenvalue weighted by Crippen LogP contribution is 2.48. The lowest BCUT2D eigenvalue weighted by molar-refractivity contribution is -0.895. The van der Waals surface area contributed by atoms with E-state index >= 15 is 0 Å². The van der Waals surface area contributed by atoms with E-state index < -0.39 is 29.8 Å². The van der Waals surface area contributed by atoms with Crippen LogP contribution < -0.4 is 0 Å². The zero-order chi connectivity index (χ0) is 19.9. The second-order valence-corrected chi connectivity index (χ2v) is 9.04. The topological polar surface area (TPSA) is 46.5 Å². The molecule has 3 rings (SSSR count). The molecule has 1 aromatic rings. The van der Waals surface area contributed by atoms with E-state index in [1.807, 2.05) is 0 Å². The van der Waals surface area contributed by atoms with Gasteiger partial charge in [0.2, 0.25) is 5.92 Å². The molecule has 0 bridgehead atoms. The molecular formula is C21H30F2NO3+. The Morgan fingerprint density at radius 2 is 1.85 bits per heavy atom. The summed E-state index contributed by atoms with van der Waals surface area (Å²) in [5.41, 5.74) is -1.70. The van der Waals surface area contributed by atoms with Crippen molar-refractivity contribution in [2.24, 2.45) is 5.92 Å². The van der Waals surface area contributed by atoms with E-state index in [1.165, 1.54) is 0 Å². The monoisotopic (exact) mass is 382 g/mol. The molecule has 1 N–H and O–H groups in total. The van der Waals surface area contributed by atoms with Gasteiger partial charge in [-0.1, -0.05) is 30.3 Å². The van der Waals surface area contributed by atoms with Crippen LogP contribution in [0.3, 0.4) is 0 Å². The maximum atomic E-state index is 13.8. The molecule has 6 heteroatoms. The number of ether oxygens (including phenoxy) is 1. The summed E-state index contributed by atoms with van der Waals surface area (Å²) in [7, 11) is 6.32.